The van der Waals surface area contributed by atoms with Crippen LogP contribution in [0.5, 0.6) is 5.75 Å². The number of hydrogen-bond donors (Lipinski definition) is 3. The van der Waals surface area contributed by atoms with E-state index in [9.17, 15) is 14.4 Å². The lowest BCUT2D eigenvalue weighted by Crippen LogP contribution is -2.45. The van der Waals surface area contributed by atoms with Crippen LogP contribution in [0.2, 0.25) is 0 Å². The van der Waals surface area contributed by atoms with E-state index < -0.39 is 11.9 Å². The molecule has 1 aromatic carbocycles. The number of rotatable bonds is 7. The van der Waals surface area contributed by atoms with E-state index in [1.54, 1.807) is 36.3 Å². The molecule has 4 amide bonds. The molecule has 126 valence electrons. The van der Waals surface area contributed by atoms with Gasteiger partial charge in [-0.2, -0.15) is 0 Å². The summed E-state index contributed by atoms with van der Waals surface area (Å²) in [7, 11) is 2.96. The third-order valence-electron chi connectivity index (χ3n) is 3.02. The van der Waals surface area contributed by atoms with Crippen LogP contribution in [0.25, 0.3) is 0 Å². The van der Waals surface area contributed by atoms with Crippen LogP contribution in [-0.4, -0.2) is 56.5 Å². The average molecular weight is 322 g/mol. The molecule has 0 heterocycles. The molecule has 0 spiro atoms. The van der Waals surface area contributed by atoms with Crippen molar-refractivity contribution in [1.82, 2.24) is 15.5 Å². The zero-order chi connectivity index (χ0) is 17.2. The van der Waals surface area contributed by atoms with E-state index in [1.807, 2.05) is 6.92 Å². The Kier molecular flexibility index (Phi) is 7.55. The number of imide groups is 1. The highest BCUT2D eigenvalue weighted by Gasteiger charge is 2.14. The summed E-state index contributed by atoms with van der Waals surface area (Å²) in [6, 6.07) is 6.41. The van der Waals surface area contributed by atoms with Crippen molar-refractivity contribution >= 4 is 23.5 Å². The highest BCUT2D eigenvalue weighted by molar-refractivity contribution is 5.96. The smallest absolute Gasteiger partial charge is 0.321 e. The number of anilines is 1. The molecule has 0 saturated carbocycles. The van der Waals surface area contributed by atoms with E-state index in [4.69, 9.17) is 4.74 Å². The lowest BCUT2D eigenvalue weighted by molar-refractivity contribution is -0.122. The van der Waals surface area contributed by atoms with Crippen LogP contribution in [-0.2, 0) is 9.59 Å². The third kappa shape index (κ3) is 6.79. The van der Waals surface area contributed by atoms with Gasteiger partial charge in [0.1, 0.15) is 5.75 Å². The molecular formula is C15H22N4O4. The maximum Gasteiger partial charge on any atom is 0.321 e. The van der Waals surface area contributed by atoms with E-state index in [2.05, 4.69) is 16.0 Å². The number of nitrogens with zero attached hydrogens (tertiary/aromatic N) is 1. The van der Waals surface area contributed by atoms with Crippen molar-refractivity contribution in [1.29, 1.82) is 0 Å². The molecule has 0 aliphatic heterocycles. The first-order valence-electron chi connectivity index (χ1n) is 7.16. The minimum absolute atomic E-state index is 0.0366. The second kappa shape index (κ2) is 9.42. The van der Waals surface area contributed by atoms with Crippen molar-refractivity contribution in [2.75, 3.05) is 39.1 Å². The Morgan fingerprint density at radius 1 is 1.17 bits per heavy atom. The fourth-order valence-corrected chi connectivity index (χ4v) is 1.82. The zero-order valence-electron chi connectivity index (χ0n) is 13.5. The average Bonchev–Trinajstić information content (AvgIpc) is 2.53. The largest absolute Gasteiger partial charge is 0.497 e. The molecule has 23 heavy (non-hydrogen) atoms. The summed E-state index contributed by atoms with van der Waals surface area (Å²) in [6.07, 6.45) is 0. The fraction of sp³-hybridized carbons (Fsp3) is 0.400. The summed E-state index contributed by atoms with van der Waals surface area (Å²) in [4.78, 5) is 36.4. The molecule has 0 atom stereocenters. The Morgan fingerprint density at radius 2 is 1.87 bits per heavy atom. The first kappa shape index (κ1) is 18.4. The Morgan fingerprint density at radius 3 is 2.48 bits per heavy atom. The topological polar surface area (TPSA) is 99.8 Å². The predicted octanol–water partition coefficient (Wildman–Crippen LogP) is 0.411. The molecule has 0 saturated heterocycles. The summed E-state index contributed by atoms with van der Waals surface area (Å²) in [5.41, 5.74) is 0.611. The number of carbonyl (C=O) groups excluding carboxylic acids is 3. The van der Waals surface area contributed by atoms with Crippen molar-refractivity contribution in [3.05, 3.63) is 24.3 Å². The Hall–Kier alpha value is -2.61. The van der Waals surface area contributed by atoms with E-state index in [0.717, 1.165) is 0 Å². The lowest BCUT2D eigenvalue weighted by Gasteiger charge is -2.19. The first-order chi connectivity index (χ1) is 11.0. The maximum atomic E-state index is 12.0. The molecule has 0 radical (unpaired) electrons. The van der Waals surface area contributed by atoms with Crippen molar-refractivity contribution in [2.45, 2.75) is 6.92 Å². The van der Waals surface area contributed by atoms with Gasteiger partial charge in [-0.25, -0.2) is 4.79 Å². The van der Waals surface area contributed by atoms with E-state index in [0.29, 0.717) is 18.0 Å². The van der Waals surface area contributed by atoms with E-state index in [1.165, 1.54) is 7.05 Å². The van der Waals surface area contributed by atoms with Crippen molar-refractivity contribution in [3.8, 4) is 5.75 Å². The number of benzene rings is 1. The van der Waals surface area contributed by atoms with E-state index in [-0.39, 0.29) is 19.0 Å². The van der Waals surface area contributed by atoms with Gasteiger partial charge >= 0.3 is 6.03 Å². The number of carbonyl (C=O) groups is 3. The monoisotopic (exact) mass is 322 g/mol. The van der Waals surface area contributed by atoms with Crippen LogP contribution < -0.4 is 20.7 Å². The SMILES string of the molecule is CCN(CC(=O)NC(=O)NC)CC(=O)Nc1cccc(OC)c1. The van der Waals surface area contributed by atoms with Gasteiger partial charge in [-0.1, -0.05) is 13.0 Å². The Balaban J connectivity index is 2.52. The zero-order valence-corrected chi connectivity index (χ0v) is 13.5. The number of hydrogen-bond acceptors (Lipinski definition) is 5. The van der Waals surface area contributed by atoms with Gasteiger partial charge in [0.25, 0.3) is 0 Å². The van der Waals surface area contributed by atoms with Crippen molar-refractivity contribution in [3.63, 3.8) is 0 Å². The Bertz CT molecular complexity index is 562. The molecule has 8 nitrogen and oxygen atoms in total. The number of amides is 4. The fourth-order valence-electron chi connectivity index (χ4n) is 1.82. The molecule has 1 rings (SSSR count). The van der Waals surface area contributed by atoms with Gasteiger partial charge in [0.05, 0.1) is 20.2 Å². The predicted molar refractivity (Wildman–Crippen MR) is 86.3 cm³/mol. The minimum atomic E-state index is -0.577. The van der Waals surface area contributed by atoms with Gasteiger partial charge in [-0.3, -0.25) is 19.8 Å². The normalized spacial score (nSPS) is 10.1. The second-order valence-electron chi connectivity index (χ2n) is 4.71. The van der Waals surface area contributed by atoms with Crippen molar-refractivity contribution < 1.29 is 19.1 Å². The maximum absolute atomic E-state index is 12.0. The third-order valence-corrected chi connectivity index (χ3v) is 3.02. The number of likely N-dealkylation sites (N-methyl/N-ethyl adjacent to an activating group) is 1. The highest BCUT2D eigenvalue weighted by atomic mass is 16.5. The number of ether oxygens (including phenoxy) is 1. The minimum Gasteiger partial charge on any atom is -0.497 e. The molecule has 0 bridgehead atoms. The van der Waals surface area contributed by atoms with Crippen LogP contribution in [0.4, 0.5) is 10.5 Å². The van der Waals surface area contributed by atoms with Gasteiger partial charge in [-0.15, -0.1) is 0 Å². The number of urea groups is 1. The summed E-state index contributed by atoms with van der Waals surface area (Å²) in [5, 5.41) is 7.18. The summed E-state index contributed by atoms with van der Waals surface area (Å²) in [6.45, 7) is 2.31. The molecule has 1 aromatic rings. The molecule has 0 unspecified atom stereocenters. The quantitative estimate of drug-likeness (QED) is 0.675. The Labute approximate surface area is 135 Å². The van der Waals surface area contributed by atoms with Gasteiger partial charge in [0.15, 0.2) is 0 Å². The van der Waals surface area contributed by atoms with Crippen LogP contribution in [0.15, 0.2) is 24.3 Å². The summed E-state index contributed by atoms with van der Waals surface area (Å²) in [5.74, 6) is -0.0895. The summed E-state index contributed by atoms with van der Waals surface area (Å²) < 4.78 is 5.09. The van der Waals surface area contributed by atoms with Crippen LogP contribution >= 0.6 is 0 Å². The molecule has 0 fully saturated rings. The molecular weight excluding hydrogens is 300 g/mol. The standard InChI is InChI=1S/C15H22N4O4/c1-4-19(10-14(21)18-15(22)16-2)9-13(20)17-11-6-5-7-12(8-11)23-3/h5-8H,4,9-10H2,1-3H3,(H,17,20)(H2,16,18,21,22). The molecule has 8 heteroatoms. The van der Waals surface area contributed by atoms with Gasteiger partial charge in [0.2, 0.25) is 11.8 Å². The summed E-state index contributed by atoms with van der Waals surface area (Å²) >= 11 is 0. The highest BCUT2D eigenvalue weighted by Crippen LogP contribution is 2.16. The van der Waals surface area contributed by atoms with Crippen LogP contribution in [0.1, 0.15) is 6.92 Å². The second-order valence-corrected chi connectivity index (χ2v) is 4.71. The number of nitrogens with one attached hydrogen (secondary N) is 3. The van der Waals surface area contributed by atoms with Crippen molar-refractivity contribution in [2.24, 2.45) is 0 Å². The van der Waals surface area contributed by atoms with Gasteiger partial charge < -0.3 is 15.4 Å². The van der Waals surface area contributed by atoms with Crippen LogP contribution in [0, 0.1) is 0 Å². The number of methoxy groups -OCH3 is 1. The lowest BCUT2D eigenvalue weighted by atomic mass is 10.3. The molecule has 0 aromatic heterocycles. The van der Waals surface area contributed by atoms with E-state index >= 15 is 0 Å². The van der Waals surface area contributed by atoms with Gasteiger partial charge in [-0.05, 0) is 18.7 Å². The molecule has 0 aliphatic carbocycles. The van der Waals surface area contributed by atoms with Crippen LogP contribution in [0.3, 0.4) is 0 Å². The molecule has 0 aliphatic rings. The first-order valence-corrected chi connectivity index (χ1v) is 7.16. The molecule has 3 N–H and O–H groups in total. The van der Waals surface area contributed by atoms with Gasteiger partial charge in [0, 0.05) is 18.8 Å².